The molecule has 0 aromatic heterocycles. The smallest absolute Gasteiger partial charge is 0.315 e. The van der Waals surface area contributed by atoms with Crippen LogP contribution in [0.3, 0.4) is 0 Å². The van der Waals surface area contributed by atoms with E-state index in [9.17, 15) is 14.0 Å². The van der Waals surface area contributed by atoms with Gasteiger partial charge in [0.15, 0.2) is 5.78 Å². The number of nitrogens with zero attached hydrogens (tertiary/aromatic N) is 1. The first kappa shape index (κ1) is 22.9. The van der Waals surface area contributed by atoms with E-state index in [1.807, 2.05) is 44.2 Å². The van der Waals surface area contributed by atoms with Gasteiger partial charge in [-0.25, -0.2) is 4.39 Å². The molecule has 1 heterocycles. The number of carbonyl (C=O) groups excluding carboxylic acids is 2. The first-order valence-corrected chi connectivity index (χ1v) is 11.2. The van der Waals surface area contributed by atoms with Gasteiger partial charge in [0.25, 0.3) is 0 Å². The van der Waals surface area contributed by atoms with E-state index in [4.69, 9.17) is 14.5 Å². The molecule has 2 atom stereocenters. The molecule has 33 heavy (non-hydrogen) atoms. The number of ketones is 1. The molecule has 2 aliphatic rings. The van der Waals surface area contributed by atoms with E-state index in [1.165, 1.54) is 12.1 Å². The maximum Gasteiger partial charge on any atom is 0.315 e. The molecule has 0 saturated carbocycles. The lowest BCUT2D eigenvalue weighted by atomic mass is 9.67. The number of halogens is 1. The Hall–Kier alpha value is -3.28. The molecule has 0 N–H and O–H groups in total. The van der Waals surface area contributed by atoms with Crippen LogP contribution in [0.2, 0.25) is 0 Å². The van der Waals surface area contributed by atoms with Crippen LogP contribution in [0.5, 0.6) is 5.75 Å². The van der Waals surface area contributed by atoms with Crippen LogP contribution in [0, 0.1) is 17.2 Å². The molecule has 0 bridgehead atoms. The fourth-order valence-corrected chi connectivity index (χ4v) is 4.69. The molecule has 5 nitrogen and oxygen atoms in total. The normalized spacial score (nSPS) is 21.8. The molecule has 2 aromatic carbocycles. The summed E-state index contributed by atoms with van der Waals surface area (Å²) in [7, 11) is 0. The SMILES string of the molecule is CC1=NC2=C(C(=O)CC(C)(C)C2)[C@H](c2ccc(F)cc2)C1C(=O)OCCOc1ccccc1. The third kappa shape index (κ3) is 5.05. The summed E-state index contributed by atoms with van der Waals surface area (Å²) in [5.41, 5.74) is 2.37. The van der Waals surface area contributed by atoms with Gasteiger partial charge in [-0.3, -0.25) is 14.6 Å². The van der Waals surface area contributed by atoms with Gasteiger partial charge in [0.2, 0.25) is 0 Å². The lowest BCUT2D eigenvalue weighted by molar-refractivity contribution is -0.147. The van der Waals surface area contributed by atoms with E-state index in [-0.39, 0.29) is 30.2 Å². The van der Waals surface area contributed by atoms with Crippen LogP contribution >= 0.6 is 0 Å². The van der Waals surface area contributed by atoms with Gasteiger partial charge in [-0.15, -0.1) is 0 Å². The van der Waals surface area contributed by atoms with Gasteiger partial charge < -0.3 is 9.47 Å². The fourth-order valence-electron chi connectivity index (χ4n) is 4.69. The number of ether oxygens (including phenoxy) is 2. The third-order valence-electron chi connectivity index (χ3n) is 6.12. The minimum Gasteiger partial charge on any atom is -0.490 e. The van der Waals surface area contributed by atoms with E-state index >= 15 is 0 Å². The molecular formula is C27H28FNO4. The molecule has 6 heteroatoms. The number of hydrogen-bond donors (Lipinski definition) is 0. The predicted molar refractivity (Wildman–Crippen MR) is 124 cm³/mol. The minimum atomic E-state index is -0.754. The summed E-state index contributed by atoms with van der Waals surface area (Å²) in [4.78, 5) is 31.1. The van der Waals surface area contributed by atoms with Gasteiger partial charge in [-0.2, -0.15) is 0 Å². The molecule has 0 amide bonds. The lowest BCUT2D eigenvalue weighted by Gasteiger charge is -2.39. The maximum atomic E-state index is 13.6. The van der Waals surface area contributed by atoms with E-state index in [0.717, 1.165) is 5.70 Å². The van der Waals surface area contributed by atoms with Crippen LogP contribution in [0.15, 0.2) is 70.9 Å². The van der Waals surface area contributed by atoms with Gasteiger partial charge in [0, 0.05) is 29.3 Å². The van der Waals surface area contributed by atoms with Crippen LogP contribution in [0.1, 0.15) is 45.1 Å². The first-order valence-electron chi connectivity index (χ1n) is 11.2. The Morgan fingerprint density at radius 1 is 1.06 bits per heavy atom. The highest BCUT2D eigenvalue weighted by Crippen LogP contribution is 2.47. The maximum absolute atomic E-state index is 13.6. The number of aliphatic imine (C=N–C) groups is 1. The Morgan fingerprint density at radius 2 is 1.76 bits per heavy atom. The molecule has 4 rings (SSSR count). The Morgan fingerprint density at radius 3 is 2.45 bits per heavy atom. The number of allylic oxidation sites excluding steroid dienone is 2. The molecule has 0 saturated heterocycles. The number of rotatable bonds is 6. The molecule has 0 spiro atoms. The summed E-state index contributed by atoms with van der Waals surface area (Å²) in [5, 5.41) is 0. The number of benzene rings is 2. The molecule has 0 fully saturated rings. The van der Waals surface area contributed by atoms with Crippen molar-refractivity contribution in [2.45, 2.75) is 39.5 Å². The van der Waals surface area contributed by atoms with Gasteiger partial charge in [-0.1, -0.05) is 44.2 Å². The number of para-hydroxylation sites is 1. The second-order valence-electron chi connectivity index (χ2n) is 9.39. The number of carbonyl (C=O) groups is 2. The Kier molecular flexibility index (Phi) is 6.45. The molecule has 172 valence electrons. The average molecular weight is 450 g/mol. The topological polar surface area (TPSA) is 65.0 Å². The van der Waals surface area contributed by atoms with Gasteiger partial charge >= 0.3 is 5.97 Å². The first-order chi connectivity index (χ1) is 15.7. The lowest BCUT2D eigenvalue weighted by Crippen LogP contribution is -2.39. The van der Waals surface area contributed by atoms with Gasteiger partial charge in [-0.05, 0) is 48.6 Å². The third-order valence-corrected chi connectivity index (χ3v) is 6.12. The Balaban J connectivity index is 1.58. The standard InChI is InChI=1S/C27H28FNO4/c1-17-23(26(31)33-14-13-32-20-7-5-4-6-8-20)24(18-9-11-19(28)12-10-18)25-21(29-17)15-27(2,3)16-22(25)30/h4-12,23-24H,13-16H2,1-3H3/t23?,24-/m1/s1. The summed E-state index contributed by atoms with van der Waals surface area (Å²) < 4.78 is 24.8. The molecule has 1 aliphatic carbocycles. The van der Waals surface area contributed by atoms with Crippen LogP contribution in [-0.4, -0.2) is 30.7 Å². The molecule has 0 radical (unpaired) electrons. The zero-order valence-corrected chi connectivity index (χ0v) is 19.1. The van der Waals surface area contributed by atoms with Crippen molar-refractivity contribution in [3.8, 4) is 5.75 Å². The van der Waals surface area contributed by atoms with E-state index in [1.54, 1.807) is 19.1 Å². The largest absolute Gasteiger partial charge is 0.490 e. The molecule has 2 aromatic rings. The summed E-state index contributed by atoms with van der Waals surface area (Å²) in [6.45, 7) is 6.15. The average Bonchev–Trinajstić information content (AvgIpc) is 2.76. The number of esters is 1. The van der Waals surface area contributed by atoms with E-state index in [2.05, 4.69) is 0 Å². The fraction of sp³-hybridized carbons (Fsp3) is 0.370. The van der Waals surface area contributed by atoms with Crippen molar-refractivity contribution >= 4 is 17.5 Å². The predicted octanol–water partition coefficient (Wildman–Crippen LogP) is 5.27. The zero-order chi connectivity index (χ0) is 23.6. The van der Waals surface area contributed by atoms with Crippen molar-refractivity contribution in [3.63, 3.8) is 0 Å². The van der Waals surface area contributed by atoms with E-state index in [0.29, 0.717) is 35.4 Å². The Labute approximate surface area is 193 Å². The summed E-state index contributed by atoms with van der Waals surface area (Å²) in [5.74, 6) is -1.47. The number of Topliss-reactive ketones (excluding diaryl/α,β-unsaturated/α-hetero) is 1. The van der Waals surface area contributed by atoms with Crippen LogP contribution in [0.25, 0.3) is 0 Å². The Bertz CT molecular complexity index is 1100. The quantitative estimate of drug-likeness (QED) is 0.445. The minimum absolute atomic E-state index is 0.0166. The summed E-state index contributed by atoms with van der Waals surface area (Å²) >= 11 is 0. The van der Waals surface area contributed by atoms with Crippen LogP contribution in [0.4, 0.5) is 4.39 Å². The van der Waals surface area contributed by atoms with Crippen molar-refractivity contribution in [3.05, 3.63) is 77.2 Å². The highest BCUT2D eigenvalue weighted by molar-refractivity contribution is 6.09. The summed E-state index contributed by atoms with van der Waals surface area (Å²) in [6.07, 6.45) is 1.03. The van der Waals surface area contributed by atoms with Crippen LogP contribution in [-0.2, 0) is 14.3 Å². The van der Waals surface area contributed by atoms with Crippen LogP contribution < -0.4 is 4.74 Å². The highest BCUT2D eigenvalue weighted by Gasteiger charge is 2.46. The van der Waals surface area contributed by atoms with Crippen molar-refractivity contribution < 1.29 is 23.5 Å². The van der Waals surface area contributed by atoms with Crippen molar-refractivity contribution in [2.24, 2.45) is 16.3 Å². The van der Waals surface area contributed by atoms with Crippen molar-refractivity contribution in [1.82, 2.24) is 0 Å². The van der Waals surface area contributed by atoms with E-state index < -0.39 is 17.8 Å². The second-order valence-corrected chi connectivity index (χ2v) is 9.39. The molecule has 1 aliphatic heterocycles. The molecule has 1 unspecified atom stereocenters. The van der Waals surface area contributed by atoms with Gasteiger partial charge in [0.05, 0.1) is 0 Å². The van der Waals surface area contributed by atoms with Crippen molar-refractivity contribution in [1.29, 1.82) is 0 Å². The summed E-state index contributed by atoms with van der Waals surface area (Å²) in [6, 6.07) is 15.2. The molecular weight excluding hydrogens is 421 g/mol. The second kappa shape index (κ2) is 9.30. The van der Waals surface area contributed by atoms with Gasteiger partial charge in [0.1, 0.15) is 30.7 Å². The highest BCUT2D eigenvalue weighted by atomic mass is 19.1. The number of hydrogen-bond acceptors (Lipinski definition) is 5. The van der Waals surface area contributed by atoms with Crippen molar-refractivity contribution in [2.75, 3.05) is 13.2 Å². The monoisotopic (exact) mass is 449 g/mol. The zero-order valence-electron chi connectivity index (χ0n) is 19.1.